The summed E-state index contributed by atoms with van der Waals surface area (Å²) in [5.41, 5.74) is 2.34. The molecule has 1 atom stereocenters. The van der Waals surface area contributed by atoms with Gasteiger partial charge >= 0.3 is 0 Å². The van der Waals surface area contributed by atoms with E-state index >= 15 is 0 Å². The van der Waals surface area contributed by atoms with Crippen LogP contribution in [0.2, 0.25) is 0 Å². The van der Waals surface area contributed by atoms with Gasteiger partial charge in [-0.3, -0.25) is 4.90 Å². The molecule has 0 aliphatic carbocycles. The van der Waals surface area contributed by atoms with Crippen LogP contribution in [-0.2, 0) is 6.42 Å². The number of rotatable bonds is 0. The number of hydrogen-bond acceptors (Lipinski definition) is 2. The summed E-state index contributed by atoms with van der Waals surface area (Å²) < 4.78 is 0. The molecule has 1 aromatic rings. The molecular weight excluding hydrogens is 150 g/mol. The second kappa shape index (κ2) is 2.88. The van der Waals surface area contributed by atoms with Crippen LogP contribution in [0.25, 0.3) is 0 Å². The second-order valence-electron chi connectivity index (χ2n) is 3.30. The van der Waals surface area contributed by atoms with E-state index in [0.29, 0.717) is 0 Å². The molecule has 1 heterocycles. The molecule has 0 aromatic heterocycles. The fourth-order valence-corrected chi connectivity index (χ4v) is 1.67. The molecule has 2 rings (SSSR count). The van der Waals surface area contributed by atoms with E-state index in [2.05, 4.69) is 6.07 Å². The first kappa shape index (κ1) is 7.77. The Hall–Kier alpha value is -0.860. The minimum absolute atomic E-state index is 0.407. The van der Waals surface area contributed by atoms with Crippen molar-refractivity contribution in [2.24, 2.45) is 0 Å². The molecule has 1 aromatic carbocycles. The lowest BCUT2D eigenvalue weighted by Gasteiger charge is -2.30. The van der Waals surface area contributed by atoms with Crippen molar-refractivity contribution in [1.82, 2.24) is 4.90 Å². The highest BCUT2D eigenvalue weighted by Gasteiger charge is 2.21. The Morgan fingerprint density at radius 2 is 2.17 bits per heavy atom. The molecule has 0 saturated carbocycles. The molecule has 1 aliphatic heterocycles. The molecule has 0 saturated heterocycles. The van der Waals surface area contributed by atoms with Crippen LogP contribution in [0.3, 0.4) is 0 Å². The minimum Gasteiger partial charge on any atom is -0.374 e. The van der Waals surface area contributed by atoms with Gasteiger partial charge in [0.1, 0.15) is 6.23 Å². The zero-order valence-corrected chi connectivity index (χ0v) is 7.20. The van der Waals surface area contributed by atoms with E-state index < -0.39 is 6.23 Å². The predicted octanol–water partition coefficient (Wildman–Crippen LogP) is 1.17. The quantitative estimate of drug-likeness (QED) is 0.620. The molecule has 0 radical (unpaired) electrons. The van der Waals surface area contributed by atoms with Gasteiger partial charge in [-0.1, -0.05) is 24.3 Å². The second-order valence-corrected chi connectivity index (χ2v) is 3.30. The van der Waals surface area contributed by atoms with E-state index in [1.54, 1.807) is 0 Å². The van der Waals surface area contributed by atoms with Crippen molar-refractivity contribution >= 4 is 0 Å². The average molecular weight is 163 g/mol. The largest absolute Gasteiger partial charge is 0.374 e. The third-order valence-electron chi connectivity index (χ3n) is 2.48. The molecule has 2 nitrogen and oxygen atoms in total. The van der Waals surface area contributed by atoms with Crippen molar-refractivity contribution in [2.75, 3.05) is 13.6 Å². The average Bonchev–Trinajstić information content (AvgIpc) is 2.12. The van der Waals surface area contributed by atoms with Gasteiger partial charge in [-0.2, -0.15) is 0 Å². The van der Waals surface area contributed by atoms with E-state index in [4.69, 9.17) is 0 Å². The number of fused-ring (bicyclic) bond motifs is 1. The van der Waals surface area contributed by atoms with Gasteiger partial charge in [0.25, 0.3) is 0 Å². The van der Waals surface area contributed by atoms with Crippen LogP contribution in [0.5, 0.6) is 0 Å². The summed E-state index contributed by atoms with van der Waals surface area (Å²) in [7, 11) is 1.95. The predicted molar refractivity (Wildman–Crippen MR) is 47.7 cm³/mol. The highest BCUT2D eigenvalue weighted by atomic mass is 16.3. The third-order valence-corrected chi connectivity index (χ3v) is 2.48. The van der Waals surface area contributed by atoms with Gasteiger partial charge in [0, 0.05) is 6.54 Å². The topological polar surface area (TPSA) is 23.5 Å². The summed E-state index contributed by atoms with van der Waals surface area (Å²) in [5, 5.41) is 9.76. The first-order valence-corrected chi connectivity index (χ1v) is 4.25. The van der Waals surface area contributed by atoms with Crippen molar-refractivity contribution in [3.05, 3.63) is 35.4 Å². The Morgan fingerprint density at radius 3 is 3.00 bits per heavy atom. The van der Waals surface area contributed by atoms with Crippen LogP contribution in [-0.4, -0.2) is 23.6 Å². The number of hydrogen-bond donors (Lipinski definition) is 1. The number of nitrogens with zero attached hydrogens (tertiary/aromatic N) is 1. The summed E-state index contributed by atoms with van der Waals surface area (Å²) in [5.74, 6) is 0. The smallest absolute Gasteiger partial charge is 0.133 e. The molecule has 1 unspecified atom stereocenters. The Morgan fingerprint density at radius 1 is 1.42 bits per heavy atom. The molecular formula is C10H13NO. The Kier molecular flexibility index (Phi) is 1.87. The van der Waals surface area contributed by atoms with Gasteiger partial charge in [0.05, 0.1) is 0 Å². The SMILES string of the molecule is CN1CCc2ccccc2C1O. The first-order chi connectivity index (χ1) is 5.79. The van der Waals surface area contributed by atoms with Crippen molar-refractivity contribution in [1.29, 1.82) is 0 Å². The molecule has 0 fully saturated rings. The molecule has 12 heavy (non-hydrogen) atoms. The summed E-state index contributed by atoms with van der Waals surface area (Å²) >= 11 is 0. The number of benzene rings is 1. The maximum absolute atomic E-state index is 9.76. The lowest BCUT2D eigenvalue weighted by Crippen LogP contribution is -2.31. The monoisotopic (exact) mass is 163 g/mol. The lowest BCUT2D eigenvalue weighted by atomic mass is 9.99. The van der Waals surface area contributed by atoms with E-state index in [1.165, 1.54) is 5.56 Å². The Labute approximate surface area is 72.4 Å². The van der Waals surface area contributed by atoms with E-state index in [9.17, 15) is 5.11 Å². The van der Waals surface area contributed by atoms with Crippen molar-refractivity contribution in [3.8, 4) is 0 Å². The third kappa shape index (κ3) is 1.13. The zero-order valence-electron chi connectivity index (χ0n) is 7.20. The Bertz CT molecular complexity index is 285. The van der Waals surface area contributed by atoms with Crippen molar-refractivity contribution in [3.63, 3.8) is 0 Å². The number of aliphatic hydroxyl groups excluding tert-OH is 1. The maximum atomic E-state index is 9.76. The molecule has 1 aliphatic rings. The lowest BCUT2D eigenvalue weighted by molar-refractivity contribution is 0.0128. The fraction of sp³-hybridized carbons (Fsp3) is 0.400. The van der Waals surface area contributed by atoms with Gasteiger partial charge in [0.2, 0.25) is 0 Å². The molecule has 64 valence electrons. The molecule has 0 amide bonds. The summed E-state index contributed by atoms with van der Waals surface area (Å²) in [6.07, 6.45) is 0.638. The standard InChI is InChI=1S/C10H13NO/c1-11-7-6-8-4-2-3-5-9(8)10(11)12/h2-5,10,12H,6-7H2,1H3. The summed E-state index contributed by atoms with van der Waals surface area (Å²) in [4.78, 5) is 1.96. The van der Waals surface area contributed by atoms with Crippen LogP contribution in [0, 0.1) is 0 Å². The highest BCUT2D eigenvalue weighted by molar-refractivity contribution is 5.30. The van der Waals surface area contributed by atoms with Crippen LogP contribution in [0.4, 0.5) is 0 Å². The minimum atomic E-state index is -0.407. The van der Waals surface area contributed by atoms with Gasteiger partial charge in [-0.05, 0) is 24.6 Å². The van der Waals surface area contributed by atoms with E-state index in [1.807, 2.05) is 30.1 Å². The number of likely N-dealkylation sites (N-methyl/N-ethyl adjacent to an activating group) is 1. The first-order valence-electron chi connectivity index (χ1n) is 4.25. The van der Waals surface area contributed by atoms with Crippen LogP contribution >= 0.6 is 0 Å². The van der Waals surface area contributed by atoms with Gasteiger partial charge in [-0.15, -0.1) is 0 Å². The van der Waals surface area contributed by atoms with Crippen molar-refractivity contribution < 1.29 is 5.11 Å². The van der Waals surface area contributed by atoms with Gasteiger partial charge in [0.15, 0.2) is 0 Å². The van der Waals surface area contributed by atoms with E-state index in [0.717, 1.165) is 18.5 Å². The summed E-state index contributed by atoms with van der Waals surface area (Å²) in [6.45, 7) is 0.943. The van der Waals surface area contributed by atoms with Crippen LogP contribution in [0.15, 0.2) is 24.3 Å². The van der Waals surface area contributed by atoms with Gasteiger partial charge < -0.3 is 5.11 Å². The molecule has 0 bridgehead atoms. The van der Waals surface area contributed by atoms with Crippen molar-refractivity contribution in [2.45, 2.75) is 12.6 Å². The number of aliphatic hydroxyl groups is 1. The normalized spacial score (nSPS) is 23.7. The molecule has 1 N–H and O–H groups in total. The van der Waals surface area contributed by atoms with E-state index in [-0.39, 0.29) is 0 Å². The molecule has 2 heteroatoms. The highest BCUT2D eigenvalue weighted by Crippen LogP contribution is 2.25. The Balaban J connectivity index is 2.42. The van der Waals surface area contributed by atoms with Crippen LogP contribution in [0.1, 0.15) is 17.4 Å². The summed E-state index contributed by atoms with van der Waals surface area (Å²) in [6, 6.07) is 8.08. The van der Waals surface area contributed by atoms with Crippen LogP contribution < -0.4 is 0 Å². The maximum Gasteiger partial charge on any atom is 0.133 e. The zero-order chi connectivity index (χ0) is 8.55. The van der Waals surface area contributed by atoms with Gasteiger partial charge in [-0.25, -0.2) is 0 Å². The molecule has 0 spiro atoms. The fourth-order valence-electron chi connectivity index (χ4n) is 1.67.